The lowest BCUT2D eigenvalue weighted by Crippen LogP contribution is -1.97. The van der Waals surface area contributed by atoms with Crippen LogP contribution in [0, 0.1) is 0 Å². The maximum absolute atomic E-state index is 9.08. The van der Waals surface area contributed by atoms with Crippen LogP contribution in [0.25, 0.3) is 0 Å². The average Bonchev–Trinajstić information content (AvgIpc) is 2.25. The van der Waals surface area contributed by atoms with Gasteiger partial charge in [0.25, 0.3) is 0 Å². The second-order valence-corrected chi connectivity index (χ2v) is 4.81. The number of hydrogen-bond acceptors (Lipinski definition) is 1. The molecule has 1 unspecified atom stereocenters. The minimum Gasteiger partial charge on any atom is -0.393 e. The number of hydrogen-bond donors (Lipinski definition) is 1. The van der Waals surface area contributed by atoms with Crippen LogP contribution < -0.4 is 0 Å². The van der Waals surface area contributed by atoms with Crippen molar-refractivity contribution in [2.24, 2.45) is 0 Å². The van der Waals surface area contributed by atoms with Crippen LogP contribution in [0.4, 0.5) is 0 Å². The van der Waals surface area contributed by atoms with Crippen molar-refractivity contribution in [1.82, 2.24) is 0 Å². The summed E-state index contributed by atoms with van der Waals surface area (Å²) in [4.78, 5) is 0. The first-order valence-corrected chi connectivity index (χ1v) is 7.10. The third kappa shape index (κ3) is 13.7. The van der Waals surface area contributed by atoms with Crippen LogP contribution in [0.2, 0.25) is 0 Å². The molecule has 0 rings (SSSR count). The third-order valence-electron chi connectivity index (χ3n) is 2.88. The van der Waals surface area contributed by atoms with Gasteiger partial charge in [-0.15, -0.1) is 0 Å². The molecule has 0 aromatic carbocycles. The van der Waals surface area contributed by atoms with Crippen LogP contribution >= 0.6 is 0 Å². The van der Waals surface area contributed by atoms with E-state index in [2.05, 4.69) is 19.1 Å². The fourth-order valence-electron chi connectivity index (χ4n) is 1.80. The third-order valence-corrected chi connectivity index (χ3v) is 2.88. The Morgan fingerprint density at radius 1 is 0.875 bits per heavy atom. The van der Waals surface area contributed by atoms with Gasteiger partial charge in [-0.2, -0.15) is 0 Å². The molecule has 0 bridgehead atoms. The second kappa shape index (κ2) is 12.8. The minimum absolute atomic E-state index is 0.123. The topological polar surface area (TPSA) is 20.2 Å². The van der Waals surface area contributed by atoms with Crippen LogP contribution in [-0.2, 0) is 0 Å². The van der Waals surface area contributed by atoms with E-state index < -0.39 is 0 Å². The first kappa shape index (κ1) is 15.7. The fraction of sp³-hybridized carbons (Fsp3) is 0.867. The monoisotopic (exact) mass is 226 g/mol. The molecule has 1 atom stereocenters. The molecule has 0 radical (unpaired) electrons. The van der Waals surface area contributed by atoms with Gasteiger partial charge in [0.1, 0.15) is 0 Å². The minimum atomic E-state index is -0.123. The van der Waals surface area contributed by atoms with Gasteiger partial charge in [-0.05, 0) is 39.0 Å². The number of unbranched alkanes of at least 4 members (excludes halogenated alkanes) is 7. The molecule has 0 saturated carbocycles. The molecule has 0 aliphatic heterocycles. The Hall–Kier alpha value is -0.300. The summed E-state index contributed by atoms with van der Waals surface area (Å²) in [6, 6.07) is 0. The number of aliphatic hydroxyl groups excluding tert-OH is 1. The van der Waals surface area contributed by atoms with Crippen LogP contribution in [0.15, 0.2) is 12.2 Å². The van der Waals surface area contributed by atoms with E-state index in [1.165, 1.54) is 51.4 Å². The van der Waals surface area contributed by atoms with Crippen molar-refractivity contribution in [3.8, 4) is 0 Å². The molecule has 0 aliphatic rings. The molecular formula is C15H30O. The van der Waals surface area contributed by atoms with E-state index in [9.17, 15) is 0 Å². The number of rotatable bonds is 11. The normalized spacial score (nSPS) is 13.4. The van der Waals surface area contributed by atoms with E-state index in [0.717, 1.165) is 12.8 Å². The lowest BCUT2D eigenvalue weighted by Gasteiger charge is -2.01. The highest BCUT2D eigenvalue weighted by molar-refractivity contribution is 4.81. The van der Waals surface area contributed by atoms with Gasteiger partial charge < -0.3 is 5.11 Å². The van der Waals surface area contributed by atoms with E-state index in [1.807, 2.05) is 6.92 Å². The summed E-state index contributed by atoms with van der Waals surface area (Å²) in [7, 11) is 0. The van der Waals surface area contributed by atoms with Crippen molar-refractivity contribution in [2.75, 3.05) is 0 Å². The molecule has 16 heavy (non-hydrogen) atoms. The summed E-state index contributed by atoms with van der Waals surface area (Å²) in [6.45, 7) is 4.12. The van der Waals surface area contributed by atoms with Crippen molar-refractivity contribution in [3.63, 3.8) is 0 Å². The fourth-order valence-corrected chi connectivity index (χ4v) is 1.80. The van der Waals surface area contributed by atoms with Gasteiger partial charge in [0.15, 0.2) is 0 Å². The lowest BCUT2D eigenvalue weighted by atomic mass is 10.1. The molecule has 0 aromatic heterocycles. The first-order chi connectivity index (χ1) is 7.77. The highest BCUT2D eigenvalue weighted by atomic mass is 16.3. The zero-order valence-electron chi connectivity index (χ0n) is 11.3. The molecule has 1 N–H and O–H groups in total. The van der Waals surface area contributed by atoms with E-state index >= 15 is 0 Å². The predicted molar refractivity (Wildman–Crippen MR) is 72.7 cm³/mol. The SMILES string of the molecule is CCCCCCCC=CCCCCC(C)O. The van der Waals surface area contributed by atoms with Crippen molar-refractivity contribution < 1.29 is 5.11 Å². The van der Waals surface area contributed by atoms with Gasteiger partial charge >= 0.3 is 0 Å². The summed E-state index contributed by atoms with van der Waals surface area (Å²) in [5.41, 5.74) is 0. The van der Waals surface area contributed by atoms with Crippen LogP contribution in [0.3, 0.4) is 0 Å². The molecule has 1 heteroatoms. The maximum atomic E-state index is 9.08. The second-order valence-electron chi connectivity index (χ2n) is 4.81. The van der Waals surface area contributed by atoms with Gasteiger partial charge in [-0.3, -0.25) is 0 Å². The molecule has 0 heterocycles. The Kier molecular flexibility index (Phi) is 12.5. The maximum Gasteiger partial charge on any atom is 0.0512 e. The Morgan fingerprint density at radius 3 is 2.00 bits per heavy atom. The van der Waals surface area contributed by atoms with Gasteiger partial charge in [-0.1, -0.05) is 51.2 Å². The van der Waals surface area contributed by atoms with E-state index in [-0.39, 0.29) is 6.10 Å². The quantitative estimate of drug-likeness (QED) is 0.394. The number of aliphatic hydroxyl groups is 1. The molecular weight excluding hydrogens is 196 g/mol. The van der Waals surface area contributed by atoms with Crippen LogP contribution in [0.1, 0.15) is 78.1 Å². The van der Waals surface area contributed by atoms with Gasteiger partial charge in [0.2, 0.25) is 0 Å². The average molecular weight is 226 g/mol. The summed E-state index contributed by atoms with van der Waals surface area (Å²) < 4.78 is 0. The number of allylic oxidation sites excluding steroid dienone is 2. The predicted octanol–water partition coefficient (Wildman–Crippen LogP) is 4.84. The first-order valence-electron chi connectivity index (χ1n) is 7.10. The zero-order chi connectivity index (χ0) is 12.1. The van der Waals surface area contributed by atoms with Gasteiger partial charge in [0, 0.05) is 0 Å². The van der Waals surface area contributed by atoms with Crippen LogP contribution in [0.5, 0.6) is 0 Å². The Morgan fingerprint density at radius 2 is 1.44 bits per heavy atom. The standard InChI is InChI=1S/C15H30O/c1-3-4-5-6-7-8-9-10-11-12-13-14-15(2)16/h9-10,15-16H,3-8,11-14H2,1-2H3. The highest BCUT2D eigenvalue weighted by Gasteiger charge is 1.93. The van der Waals surface area contributed by atoms with Crippen molar-refractivity contribution in [2.45, 2.75) is 84.2 Å². The molecule has 0 aliphatic carbocycles. The van der Waals surface area contributed by atoms with Crippen LogP contribution in [-0.4, -0.2) is 11.2 Å². The summed E-state index contributed by atoms with van der Waals surface area (Å²) in [6.07, 6.45) is 17.1. The molecule has 0 amide bonds. The van der Waals surface area contributed by atoms with E-state index in [1.54, 1.807) is 0 Å². The Labute approximate surface area is 102 Å². The Balaban J connectivity index is 3.04. The van der Waals surface area contributed by atoms with Gasteiger partial charge in [-0.25, -0.2) is 0 Å². The molecule has 0 fully saturated rings. The van der Waals surface area contributed by atoms with Gasteiger partial charge in [0.05, 0.1) is 6.10 Å². The molecule has 0 aromatic rings. The van der Waals surface area contributed by atoms with Crippen molar-refractivity contribution in [1.29, 1.82) is 0 Å². The van der Waals surface area contributed by atoms with Crippen molar-refractivity contribution >= 4 is 0 Å². The molecule has 96 valence electrons. The van der Waals surface area contributed by atoms with E-state index in [0.29, 0.717) is 0 Å². The largest absolute Gasteiger partial charge is 0.393 e. The summed E-state index contributed by atoms with van der Waals surface area (Å²) in [5.74, 6) is 0. The molecule has 0 spiro atoms. The van der Waals surface area contributed by atoms with E-state index in [4.69, 9.17) is 5.11 Å². The summed E-state index contributed by atoms with van der Waals surface area (Å²) >= 11 is 0. The van der Waals surface area contributed by atoms with Crippen molar-refractivity contribution in [3.05, 3.63) is 12.2 Å². The molecule has 1 nitrogen and oxygen atoms in total. The molecule has 0 saturated heterocycles. The highest BCUT2D eigenvalue weighted by Crippen LogP contribution is 2.07. The lowest BCUT2D eigenvalue weighted by molar-refractivity contribution is 0.181. The summed E-state index contributed by atoms with van der Waals surface area (Å²) in [5, 5.41) is 9.08. The smallest absolute Gasteiger partial charge is 0.0512 e. The zero-order valence-corrected chi connectivity index (χ0v) is 11.3. The Bertz CT molecular complexity index is 150.